The Kier molecular flexibility index (Phi) is 3.41. The van der Waals surface area contributed by atoms with Crippen LogP contribution < -0.4 is 0 Å². The van der Waals surface area contributed by atoms with E-state index in [2.05, 4.69) is 4.98 Å². The van der Waals surface area contributed by atoms with Gasteiger partial charge in [-0.25, -0.2) is 4.39 Å². The fourth-order valence-electron chi connectivity index (χ4n) is 3.30. The van der Waals surface area contributed by atoms with Crippen LogP contribution in [-0.2, 0) is 6.42 Å². The number of halogens is 1. The number of ketones is 2. The molecule has 0 atom stereocenters. The van der Waals surface area contributed by atoms with Crippen molar-refractivity contribution in [2.45, 2.75) is 26.2 Å². The second kappa shape index (κ2) is 5.48. The minimum absolute atomic E-state index is 0.0402. The summed E-state index contributed by atoms with van der Waals surface area (Å²) in [5, 5.41) is 0. The summed E-state index contributed by atoms with van der Waals surface area (Å²) < 4.78 is 13.4. The van der Waals surface area contributed by atoms with Crippen molar-refractivity contribution in [3.8, 4) is 0 Å². The molecule has 3 nitrogen and oxygen atoms in total. The minimum Gasteiger partial charge on any atom is -0.289 e. The van der Waals surface area contributed by atoms with Gasteiger partial charge in [-0.15, -0.1) is 0 Å². The molecule has 0 amide bonds. The van der Waals surface area contributed by atoms with E-state index in [-0.39, 0.29) is 29.7 Å². The Morgan fingerprint density at radius 2 is 1.79 bits per heavy atom. The monoisotopic (exact) mass is 321 g/mol. The number of aromatic nitrogens is 1. The van der Waals surface area contributed by atoms with Crippen molar-refractivity contribution in [1.29, 1.82) is 0 Å². The van der Waals surface area contributed by atoms with E-state index >= 15 is 0 Å². The van der Waals surface area contributed by atoms with Crippen molar-refractivity contribution >= 4 is 11.6 Å². The Morgan fingerprint density at radius 3 is 2.42 bits per heavy atom. The van der Waals surface area contributed by atoms with E-state index < -0.39 is 0 Å². The van der Waals surface area contributed by atoms with Gasteiger partial charge >= 0.3 is 0 Å². The Morgan fingerprint density at radius 1 is 1.12 bits per heavy atom. The van der Waals surface area contributed by atoms with E-state index in [1.807, 2.05) is 0 Å². The lowest BCUT2D eigenvalue weighted by atomic mass is 9.80. The van der Waals surface area contributed by atoms with E-state index in [9.17, 15) is 14.0 Å². The topological polar surface area (TPSA) is 47.0 Å². The van der Waals surface area contributed by atoms with Crippen LogP contribution in [0.5, 0.6) is 0 Å². The van der Waals surface area contributed by atoms with Crippen LogP contribution in [0.25, 0.3) is 0 Å². The number of aryl methyl sites for hydroxylation is 1. The van der Waals surface area contributed by atoms with Crippen LogP contribution in [0, 0.1) is 18.7 Å². The number of carbonyl (C=O) groups is 2. The quantitative estimate of drug-likeness (QED) is 0.862. The predicted octanol–water partition coefficient (Wildman–Crippen LogP) is 3.86. The summed E-state index contributed by atoms with van der Waals surface area (Å²) in [6.07, 6.45) is 3.32. The predicted molar refractivity (Wildman–Crippen MR) is 87.5 cm³/mol. The van der Waals surface area contributed by atoms with E-state index in [1.54, 1.807) is 37.3 Å². The molecule has 1 aromatic heterocycles. The largest absolute Gasteiger partial charge is 0.289 e. The maximum atomic E-state index is 13.4. The first-order valence-corrected chi connectivity index (χ1v) is 8.08. The van der Waals surface area contributed by atoms with Crippen molar-refractivity contribution in [2.75, 3.05) is 0 Å². The molecule has 4 heteroatoms. The third kappa shape index (κ3) is 2.39. The van der Waals surface area contributed by atoms with Crippen LogP contribution in [0.3, 0.4) is 0 Å². The smallest absolute Gasteiger partial charge is 0.190 e. The summed E-state index contributed by atoms with van der Waals surface area (Å²) >= 11 is 0. The number of benzene rings is 1. The number of hydrogen-bond donors (Lipinski definition) is 0. The third-order valence-corrected chi connectivity index (χ3v) is 4.71. The Balaban J connectivity index is 1.81. The molecule has 0 N–H and O–H groups in total. The highest BCUT2D eigenvalue weighted by atomic mass is 19.1. The first kappa shape index (κ1) is 14.9. The summed E-state index contributed by atoms with van der Waals surface area (Å²) in [5.74, 6) is -0.338. The summed E-state index contributed by atoms with van der Waals surface area (Å²) in [5.41, 5.74) is 3.23. The molecular formula is C20H16FNO2. The van der Waals surface area contributed by atoms with Crippen LogP contribution in [0.15, 0.2) is 47.7 Å². The average molecular weight is 321 g/mol. The first-order chi connectivity index (χ1) is 11.6. The second-order valence-corrected chi connectivity index (χ2v) is 6.47. The van der Waals surface area contributed by atoms with E-state index in [4.69, 9.17) is 0 Å². The molecule has 4 rings (SSSR count). The van der Waals surface area contributed by atoms with Gasteiger partial charge in [0.05, 0.1) is 6.20 Å². The van der Waals surface area contributed by atoms with Crippen molar-refractivity contribution in [3.05, 3.63) is 75.9 Å². The van der Waals surface area contributed by atoms with E-state index in [1.165, 1.54) is 6.20 Å². The van der Waals surface area contributed by atoms with Gasteiger partial charge < -0.3 is 0 Å². The number of hydrogen-bond acceptors (Lipinski definition) is 3. The van der Waals surface area contributed by atoms with Gasteiger partial charge in [-0.2, -0.15) is 0 Å². The molecule has 2 aliphatic rings. The molecule has 2 aromatic rings. The van der Waals surface area contributed by atoms with Gasteiger partial charge in [-0.3, -0.25) is 14.6 Å². The van der Waals surface area contributed by atoms with E-state index in [0.717, 1.165) is 12.8 Å². The van der Waals surface area contributed by atoms with Crippen LogP contribution in [0.4, 0.5) is 4.39 Å². The Hall–Kier alpha value is -2.62. The summed E-state index contributed by atoms with van der Waals surface area (Å²) in [6, 6.07) is 8.61. The molecule has 24 heavy (non-hydrogen) atoms. The fourth-order valence-corrected chi connectivity index (χ4v) is 3.30. The zero-order valence-electron chi connectivity index (χ0n) is 13.3. The average Bonchev–Trinajstić information content (AvgIpc) is 3.41. The minimum atomic E-state index is -0.369. The summed E-state index contributed by atoms with van der Waals surface area (Å²) in [4.78, 5) is 29.9. The van der Waals surface area contributed by atoms with Gasteiger partial charge in [0.25, 0.3) is 0 Å². The highest BCUT2D eigenvalue weighted by Gasteiger charge is 2.39. The lowest BCUT2D eigenvalue weighted by Crippen LogP contribution is -2.24. The van der Waals surface area contributed by atoms with Gasteiger partial charge in [-0.1, -0.05) is 24.3 Å². The summed E-state index contributed by atoms with van der Waals surface area (Å²) in [7, 11) is 0. The number of Topliss-reactive ketones (excluding diaryl/α,β-unsaturated/α-hetero) is 2. The van der Waals surface area contributed by atoms with Gasteiger partial charge in [0, 0.05) is 34.4 Å². The molecule has 120 valence electrons. The molecule has 0 aliphatic heterocycles. The Labute approximate surface area is 139 Å². The molecule has 0 saturated heterocycles. The molecule has 1 aromatic carbocycles. The van der Waals surface area contributed by atoms with Crippen LogP contribution in [-0.4, -0.2) is 16.6 Å². The summed E-state index contributed by atoms with van der Waals surface area (Å²) in [6.45, 7) is 1.67. The fraction of sp³-hybridized carbons (Fsp3) is 0.250. The number of rotatable bonds is 3. The SMILES string of the molecule is Cc1cc(CC2=C(C3CC3)C(=O)c3ccccc3C2=O)ncc1F. The zero-order chi connectivity index (χ0) is 16.8. The highest BCUT2D eigenvalue weighted by Crippen LogP contribution is 2.43. The number of carbonyl (C=O) groups excluding carboxylic acids is 2. The van der Waals surface area contributed by atoms with Gasteiger partial charge in [-0.05, 0) is 37.3 Å². The molecule has 1 heterocycles. The molecule has 0 radical (unpaired) electrons. The van der Waals surface area contributed by atoms with Crippen LogP contribution in [0.2, 0.25) is 0 Å². The number of pyridine rings is 1. The molecule has 0 spiro atoms. The van der Waals surface area contributed by atoms with Crippen LogP contribution in [0.1, 0.15) is 44.8 Å². The number of fused-ring (bicyclic) bond motifs is 1. The Bertz CT molecular complexity index is 910. The molecule has 0 unspecified atom stereocenters. The second-order valence-electron chi connectivity index (χ2n) is 6.47. The van der Waals surface area contributed by atoms with Crippen molar-refractivity contribution in [2.24, 2.45) is 5.92 Å². The normalized spacial score (nSPS) is 17.2. The van der Waals surface area contributed by atoms with E-state index in [0.29, 0.717) is 33.5 Å². The lowest BCUT2D eigenvalue weighted by molar-refractivity contribution is 0.0968. The maximum absolute atomic E-state index is 13.4. The van der Waals surface area contributed by atoms with Crippen molar-refractivity contribution < 1.29 is 14.0 Å². The number of nitrogens with zero attached hydrogens (tertiary/aromatic N) is 1. The lowest BCUT2D eigenvalue weighted by Gasteiger charge is -2.21. The van der Waals surface area contributed by atoms with Crippen molar-refractivity contribution in [3.63, 3.8) is 0 Å². The third-order valence-electron chi connectivity index (χ3n) is 4.71. The number of allylic oxidation sites excluding steroid dienone is 2. The molecule has 0 bridgehead atoms. The van der Waals surface area contributed by atoms with Gasteiger partial charge in [0.1, 0.15) is 5.82 Å². The van der Waals surface area contributed by atoms with Gasteiger partial charge in [0.2, 0.25) is 0 Å². The molecule has 1 saturated carbocycles. The van der Waals surface area contributed by atoms with Crippen LogP contribution >= 0.6 is 0 Å². The van der Waals surface area contributed by atoms with Gasteiger partial charge in [0.15, 0.2) is 11.6 Å². The van der Waals surface area contributed by atoms with Crippen molar-refractivity contribution in [1.82, 2.24) is 4.98 Å². The molecule has 1 fully saturated rings. The molecular weight excluding hydrogens is 305 g/mol. The maximum Gasteiger partial charge on any atom is 0.190 e. The first-order valence-electron chi connectivity index (χ1n) is 8.08. The highest BCUT2D eigenvalue weighted by molar-refractivity contribution is 6.27. The molecule has 2 aliphatic carbocycles. The zero-order valence-corrected chi connectivity index (χ0v) is 13.3. The standard InChI is InChI=1S/C20H16FNO2/c1-11-8-13(22-10-17(11)21)9-16-18(12-6-7-12)20(24)15-5-3-2-4-14(15)19(16)23/h2-5,8,10,12H,6-7,9H2,1H3.